The molecule has 0 unspecified atom stereocenters. The van der Waals surface area contributed by atoms with Crippen molar-refractivity contribution in [3.05, 3.63) is 15.2 Å². The molecule has 0 aliphatic rings. The summed E-state index contributed by atoms with van der Waals surface area (Å²) in [4.78, 5) is 4.58. The van der Waals surface area contributed by atoms with Crippen LogP contribution in [0.5, 0.6) is 0 Å². The van der Waals surface area contributed by atoms with Crippen molar-refractivity contribution in [2.75, 3.05) is 0 Å². The summed E-state index contributed by atoms with van der Waals surface area (Å²) in [6.07, 6.45) is 0. The van der Waals surface area contributed by atoms with E-state index in [1.807, 2.05) is 0 Å². The molecule has 0 N–H and O–H groups in total. The van der Waals surface area contributed by atoms with Crippen molar-refractivity contribution in [2.24, 2.45) is 7.05 Å². The Kier molecular flexibility index (Phi) is 3.38. The summed E-state index contributed by atoms with van der Waals surface area (Å²) in [6, 6.07) is 0. The van der Waals surface area contributed by atoms with Crippen LogP contribution < -0.4 is 0 Å². The van der Waals surface area contributed by atoms with Gasteiger partial charge in [-0.1, -0.05) is 27.7 Å². The number of nitrogens with zero attached hydrogens (tertiary/aromatic N) is 2. The summed E-state index contributed by atoms with van der Waals surface area (Å²) < 4.78 is 3.38. The Morgan fingerprint density at radius 2 is 1.69 bits per heavy atom. The fourth-order valence-electron chi connectivity index (χ4n) is 1.64. The van der Waals surface area contributed by atoms with E-state index in [4.69, 9.17) is 0 Å². The lowest BCUT2D eigenvalue weighted by Crippen LogP contribution is -2.04. The van der Waals surface area contributed by atoms with Gasteiger partial charge in [-0.25, -0.2) is 4.98 Å². The van der Waals surface area contributed by atoms with Crippen LogP contribution in [0.1, 0.15) is 51.0 Å². The van der Waals surface area contributed by atoms with Gasteiger partial charge in [0, 0.05) is 13.0 Å². The average Bonchev–Trinajstić information content (AvgIpc) is 2.26. The van der Waals surface area contributed by atoms with Crippen molar-refractivity contribution in [1.82, 2.24) is 9.55 Å². The maximum atomic E-state index is 4.58. The quantitative estimate of drug-likeness (QED) is 0.765. The molecular formula is C10H17IN2. The standard InChI is InChI=1S/C10H17IN2/c1-6(2)8-9(11)12-10(7(3)4)13(8)5/h6-7H,1-5H3. The van der Waals surface area contributed by atoms with Crippen LogP contribution in [0.4, 0.5) is 0 Å². The van der Waals surface area contributed by atoms with Crippen LogP contribution in [-0.2, 0) is 7.05 Å². The van der Waals surface area contributed by atoms with Gasteiger partial charge >= 0.3 is 0 Å². The summed E-state index contributed by atoms with van der Waals surface area (Å²) >= 11 is 2.32. The van der Waals surface area contributed by atoms with Crippen LogP contribution in [0.2, 0.25) is 0 Å². The van der Waals surface area contributed by atoms with E-state index < -0.39 is 0 Å². The Morgan fingerprint density at radius 3 is 1.92 bits per heavy atom. The van der Waals surface area contributed by atoms with Crippen molar-refractivity contribution < 1.29 is 0 Å². The normalized spacial score (nSPS) is 11.7. The minimum absolute atomic E-state index is 0.506. The van der Waals surface area contributed by atoms with Crippen molar-refractivity contribution in [3.63, 3.8) is 0 Å². The molecule has 0 aromatic carbocycles. The van der Waals surface area contributed by atoms with Crippen molar-refractivity contribution >= 4 is 22.6 Å². The zero-order chi connectivity index (χ0) is 10.2. The Bertz CT molecular complexity index is 300. The highest BCUT2D eigenvalue weighted by atomic mass is 127. The van der Waals surface area contributed by atoms with E-state index >= 15 is 0 Å². The average molecular weight is 292 g/mol. The first-order valence-corrected chi connectivity index (χ1v) is 5.75. The molecule has 74 valence electrons. The lowest BCUT2D eigenvalue weighted by atomic mass is 10.1. The summed E-state index contributed by atoms with van der Waals surface area (Å²) in [5.41, 5.74) is 1.35. The zero-order valence-corrected chi connectivity index (χ0v) is 11.1. The highest BCUT2D eigenvalue weighted by molar-refractivity contribution is 14.1. The first kappa shape index (κ1) is 11.0. The molecule has 0 amide bonds. The van der Waals surface area contributed by atoms with E-state index in [1.54, 1.807) is 0 Å². The van der Waals surface area contributed by atoms with Gasteiger partial charge in [-0.15, -0.1) is 0 Å². The number of hydrogen-bond acceptors (Lipinski definition) is 1. The third kappa shape index (κ3) is 2.06. The molecule has 1 rings (SSSR count). The minimum Gasteiger partial charge on any atom is -0.334 e. The van der Waals surface area contributed by atoms with Crippen molar-refractivity contribution in [3.8, 4) is 0 Å². The van der Waals surface area contributed by atoms with E-state index in [0.29, 0.717) is 11.8 Å². The first-order valence-electron chi connectivity index (χ1n) is 4.67. The Morgan fingerprint density at radius 1 is 1.15 bits per heavy atom. The molecule has 0 radical (unpaired) electrons. The maximum Gasteiger partial charge on any atom is 0.123 e. The van der Waals surface area contributed by atoms with Crippen molar-refractivity contribution in [2.45, 2.75) is 39.5 Å². The molecular weight excluding hydrogens is 275 g/mol. The molecule has 1 aromatic rings. The predicted octanol–water partition coefficient (Wildman–Crippen LogP) is 3.27. The van der Waals surface area contributed by atoms with Crippen molar-refractivity contribution in [1.29, 1.82) is 0 Å². The third-order valence-electron chi connectivity index (χ3n) is 2.19. The maximum absolute atomic E-state index is 4.58. The predicted molar refractivity (Wildman–Crippen MR) is 64.1 cm³/mol. The number of halogens is 1. The topological polar surface area (TPSA) is 17.8 Å². The molecule has 13 heavy (non-hydrogen) atoms. The SMILES string of the molecule is CC(C)c1nc(I)c(C(C)C)n1C. The van der Waals surface area contributed by atoms with Gasteiger partial charge in [-0.2, -0.15) is 0 Å². The smallest absolute Gasteiger partial charge is 0.123 e. The molecule has 3 heteroatoms. The molecule has 1 aromatic heterocycles. The van der Waals surface area contributed by atoms with Crippen LogP contribution in [0.25, 0.3) is 0 Å². The van der Waals surface area contributed by atoms with Gasteiger partial charge < -0.3 is 4.57 Å². The molecule has 0 saturated carbocycles. The Labute approximate surface area is 93.9 Å². The van der Waals surface area contributed by atoms with Gasteiger partial charge in [0.15, 0.2) is 0 Å². The molecule has 0 aliphatic carbocycles. The fourth-order valence-corrected chi connectivity index (χ4v) is 2.87. The second kappa shape index (κ2) is 3.98. The molecule has 0 bridgehead atoms. The van der Waals surface area contributed by atoms with Crippen LogP contribution in [0.15, 0.2) is 0 Å². The highest BCUT2D eigenvalue weighted by Gasteiger charge is 2.16. The molecule has 0 aliphatic heterocycles. The van der Waals surface area contributed by atoms with E-state index in [-0.39, 0.29) is 0 Å². The molecule has 0 saturated heterocycles. The van der Waals surface area contributed by atoms with Crippen LogP contribution in [0.3, 0.4) is 0 Å². The van der Waals surface area contributed by atoms with Gasteiger partial charge in [0.1, 0.15) is 9.53 Å². The van der Waals surface area contributed by atoms with E-state index in [9.17, 15) is 0 Å². The van der Waals surface area contributed by atoms with E-state index in [1.165, 1.54) is 11.5 Å². The molecule has 0 fully saturated rings. The van der Waals surface area contributed by atoms with Gasteiger partial charge in [-0.05, 0) is 28.5 Å². The first-order chi connectivity index (χ1) is 5.95. The lowest BCUT2D eigenvalue weighted by Gasteiger charge is -2.10. The number of rotatable bonds is 2. The van der Waals surface area contributed by atoms with Crippen LogP contribution >= 0.6 is 22.6 Å². The summed E-state index contributed by atoms with van der Waals surface area (Å²) in [6.45, 7) is 8.79. The minimum atomic E-state index is 0.506. The van der Waals surface area contributed by atoms with Crippen LogP contribution in [0, 0.1) is 3.70 Å². The van der Waals surface area contributed by atoms with Gasteiger partial charge in [0.2, 0.25) is 0 Å². The number of aromatic nitrogens is 2. The van der Waals surface area contributed by atoms with Gasteiger partial charge in [-0.3, -0.25) is 0 Å². The monoisotopic (exact) mass is 292 g/mol. The van der Waals surface area contributed by atoms with E-state index in [2.05, 4.69) is 66.9 Å². The Balaban J connectivity index is 3.22. The zero-order valence-electron chi connectivity index (χ0n) is 8.93. The van der Waals surface area contributed by atoms with Gasteiger partial charge in [0.05, 0.1) is 5.69 Å². The second-order valence-corrected chi connectivity index (χ2v) is 5.04. The van der Waals surface area contributed by atoms with Crippen LogP contribution in [-0.4, -0.2) is 9.55 Å². The van der Waals surface area contributed by atoms with Gasteiger partial charge in [0.25, 0.3) is 0 Å². The molecule has 1 heterocycles. The third-order valence-corrected chi connectivity index (χ3v) is 2.99. The fraction of sp³-hybridized carbons (Fsp3) is 0.700. The molecule has 2 nitrogen and oxygen atoms in total. The highest BCUT2D eigenvalue weighted by Crippen LogP contribution is 2.24. The second-order valence-electron chi connectivity index (χ2n) is 4.01. The number of imidazole rings is 1. The molecule has 0 spiro atoms. The number of hydrogen-bond donors (Lipinski definition) is 0. The summed E-state index contributed by atoms with van der Waals surface area (Å²) in [5, 5.41) is 0. The summed E-state index contributed by atoms with van der Waals surface area (Å²) in [7, 11) is 2.11. The lowest BCUT2D eigenvalue weighted by molar-refractivity contribution is 0.665. The Hall–Kier alpha value is -0.0600. The molecule has 0 atom stereocenters. The largest absolute Gasteiger partial charge is 0.334 e. The summed E-state index contributed by atoms with van der Waals surface area (Å²) in [5.74, 6) is 2.25. The van der Waals surface area contributed by atoms with E-state index in [0.717, 1.165) is 3.70 Å².